The number of benzene rings is 3. The second kappa shape index (κ2) is 13.9. The fraction of sp³-hybridized carbons (Fsp3) is 0.300. The van der Waals surface area contributed by atoms with Gasteiger partial charge in [-0.3, -0.25) is 0 Å². The first kappa shape index (κ1) is 32.1. The van der Waals surface area contributed by atoms with Gasteiger partial charge < -0.3 is 23.7 Å². The van der Waals surface area contributed by atoms with E-state index >= 15 is 0 Å². The monoisotopic (exact) mass is 697 g/mol. The number of rotatable bonds is 8. The largest absolute Gasteiger partial charge is 0.467 e. The Labute approximate surface area is 275 Å². The Bertz CT molecular complexity index is 1660. The van der Waals surface area contributed by atoms with Crippen LogP contribution in [0, 0.1) is 11.6 Å². The van der Waals surface area contributed by atoms with Gasteiger partial charge in [0.15, 0.2) is 6.29 Å². The highest BCUT2D eigenvalue weighted by molar-refractivity contribution is 7.99. The first-order valence-electron chi connectivity index (χ1n) is 13.6. The summed E-state index contributed by atoms with van der Waals surface area (Å²) in [5, 5.41) is 8.61. The molecule has 2 saturated heterocycles. The zero-order valence-electron chi connectivity index (χ0n) is 23.3. The molecule has 236 valence electrons. The third-order valence-corrected chi connectivity index (χ3v) is 9.48. The van der Waals surface area contributed by atoms with Crippen LogP contribution >= 0.6 is 46.6 Å². The summed E-state index contributed by atoms with van der Waals surface area (Å²) in [7, 11) is 1.25. The number of esters is 1. The molecule has 2 fully saturated rings. The van der Waals surface area contributed by atoms with Crippen molar-refractivity contribution in [2.45, 2.75) is 41.0 Å². The standard InChI is InChI=1S/C30H24Cl3F2N3O6S/c1-40-24(39)14-41-28-26(38-12-22(36-37-38)16-9-20(34)25(33)21(35)10-16)27-23(13-42-29(44-27)15-5-3-2-4-6-15)43-30(28)45-17-7-8-18(31)19(32)11-17/h2-12,23,26-30H,13-14H2,1H3/t23?,26?,27-,28?,29?,30+/m0/s1. The maximum Gasteiger partial charge on any atom is 0.331 e. The fourth-order valence-corrected chi connectivity index (χ4v) is 6.73. The Morgan fingerprint density at radius 1 is 1.04 bits per heavy atom. The second-order valence-electron chi connectivity index (χ2n) is 10.1. The molecule has 0 saturated carbocycles. The van der Waals surface area contributed by atoms with Crippen molar-refractivity contribution in [1.29, 1.82) is 0 Å². The molecule has 0 amide bonds. The van der Waals surface area contributed by atoms with Gasteiger partial charge in [-0.25, -0.2) is 18.3 Å². The molecule has 6 rings (SSSR count). The van der Waals surface area contributed by atoms with E-state index in [4.69, 9.17) is 58.5 Å². The van der Waals surface area contributed by atoms with E-state index in [1.165, 1.54) is 29.8 Å². The van der Waals surface area contributed by atoms with Gasteiger partial charge in [-0.2, -0.15) is 0 Å². The lowest BCUT2D eigenvalue weighted by Crippen LogP contribution is -2.59. The summed E-state index contributed by atoms with van der Waals surface area (Å²) >= 11 is 19.4. The van der Waals surface area contributed by atoms with E-state index < -0.39 is 65.3 Å². The molecule has 0 aliphatic carbocycles. The average molecular weight is 699 g/mol. The number of hydrogen-bond acceptors (Lipinski definition) is 9. The zero-order chi connectivity index (χ0) is 31.7. The number of carbonyl (C=O) groups excluding carboxylic acids is 1. The third kappa shape index (κ3) is 6.98. The van der Waals surface area contributed by atoms with Crippen molar-refractivity contribution in [3.8, 4) is 11.3 Å². The molecule has 0 N–H and O–H groups in total. The van der Waals surface area contributed by atoms with Gasteiger partial charge >= 0.3 is 5.97 Å². The van der Waals surface area contributed by atoms with E-state index in [0.717, 1.165) is 17.7 Å². The molecule has 0 spiro atoms. The number of hydrogen-bond donors (Lipinski definition) is 0. The van der Waals surface area contributed by atoms with Crippen molar-refractivity contribution in [3.63, 3.8) is 0 Å². The van der Waals surface area contributed by atoms with Crippen LogP contribution in [0.4, 0.5) is 8.78 Å². The lowest BCUT2D eigenvalue weighted by atomic mass is 9.95. The van der Waals surface area contributed by atoms with Crippen LogP contribution in [-0.2, 0) is 28.5 Å². The topological polar surface area (TPSA) is 93.9 Å². The minimum absolute atomic E-state index is 0.119. The first-order valence-corrected chi connectivity index (χ1v) is 15.6. The van der Waals surface area contributed by atoms with Crippen molar-refractivity contribution in [3.05, 3.63) is 99.1 Å². The highest BCUT2D eigenvalue weighted by Crippen LogP contribution is 2.45. The van der Waals surface area contributed by atoms with Gasteiger partial charge in [0, 0.05) is 16.0 Å². The quantitative estimate of drug-likeness (QED) is 0.144. The molecule has 0 bridgehead atoms. The van der Waals surface area contributed by atoms with Gasteiger partial charge in [0.25, 0.3) is 0 Å². The van der Waals surface area contributed by atoms with E-state index in [2.05, 4.69) is 10.3 Å². The summed E-state index contributed by atoms with van der Waals surface area (Å²) in [5.41, 5.74) is 0.310. The second-order valence-corrected chi connectivity index (χ2v) is 12.5. The fourth-order valence-electron chi connectivity index (χ4n) is 5.09. The van der Waals surface area contributed by atoms with Crippen LogP contribution in [0.3, 0.4) is 0 Å². The summed E-state index contributed by atoms with van der Waals surface area (Å²) in [5.74, 6) is -2.50. The average Bonchev–Trinajstić information content (AvgIpc) is 3.54. The van der Waals surface area contributed by atoms with Crippen LogP contribution in [0.25, 0.3) is 11.3 Å². The predicted molar refractivity (Wildman–Crippen MR) is 162 cm³/mol. The normalized spacial score (nSPS) is 24.7. The molecule has 15 heteroatoms. The van der Waals surface area contributed by atoms with E-state index in [0.29, 0.717) is 14.9 Å². The molecule has 2 aliphatic rings. The van der Waals surface area contributed by atoms with Crippen LogP contribution in [0.1, 0.15) is 17.9 Å². The van der Waals surface area contributed by atoms with Crippen molar-refractivity contribution in [1.82, 2.24) is 15.0 Å². The van der Waals surface area contributed by atoms with Crippen molar-refractivity contribution < 1.29 is 37.3 Å². The van der Waals surface area contributed by atoms with E-state index in [1.54, 1.807) is 18.2 Å². The molecule has 3 aromatic carbocycles. The number of nitrogens with zero attached hydrogens (tertiary/aromatic N) is 3. The summed E-state index contributed by atoms with van der Waals surface area (Å²) < 4.78 is 60.2. The molecule has 1 aromatic heterocycles. The maximum atomic E-state index is 14.3. The van der Waals surface area contributed by atoms with Gasteiger partial charge in [-0.15, -0.1) is 5.10 Å². The minimum atomic E-state index is -0.941. The van der Waals surface area contributed by atoms with Gasteiger partial charge in [0.1, 0.15) is 58.7 Å². The zero-order valence-corrected chi connectivity index (χ0v) is 26.4. The maximum absolute atomic E-state index is 14.3. The van der Waals surface area contributed by atoms with Crippen LogP contribution in [0.5, 0.6) is 0 Å². The lowest BCUT2D eigenvalue weighted by molar-refractivity contribution is -0.310. The summed E-state index contributed by atoms with van der Waals surface area (Å²) in [6.07, 6.45) is -1.48. The number of fused-ring (bicyclic) bond motifs is 1. The number of aromatic nitrogens is 3. The molecule has 0 radical (unpaired) electrons. The first-order chi connectivity index (χ1) is 21.7. The molecular formula is C30H24Cl3F2N3O6S. The molecule has 9 nitrogen and oxygen atoms in total. The Morgan fingerprint density at radius 2 is 1.80 bits per heavy atom. The van der Waals surface area contributed by atoms with Crippen molar-refractivity contribution in [2.75, 3.05) is 20.3 Å². The van der Waals surface area contributed by atoms with Gasteiger partial charge in [-0.1, -0.05) is 82.1 Å². The van der Waals surface area contributed by atoms with E-state index in [-0.39, 0.29) is 17.9 Å². The Kier molecular flexibility index (Phi) is 9.93. The summed E-state index contributed by atoms with van der Waals surface area (Å²) in [4.78, 5) is 13.0. The Balaban J connectivity index is 1.41. The van der Waals surface area contributed by atoms with Crippen LogP contribution in [0.2, 0.25) is 15.1 Å². The molecule has 4 unspecified atom stereocenters. The van der Waals surface area contributed by atoms with E-state index in [9.17, 15) is 13.6 Å². The Morgan fingerprint density at radius 3 is 2.51 bits per heavy atom. The molecule has 6 atom stereocenters. The third-order valence-electron chi connectivity index (χ3n) is 7.24. The number of thioether (sulfide) groups is 1. The Hall–Kier alpha value is -2.81. The van der Waals surface area contributed by atoms with E-state index in [1.807, 2.05) is 30.3 Å². The van der Waals surface area contributed by atoms with Crippen molar-refractivity contribution in [2.24, 2.45) is 0 Å². The molecule has 45 heavy (non-hydrogen) atoms. The highest BCUT2D eigenvalue weighted by atomic mass is 35.5. The molecular weight excluding hydrogens is 675 g/mol. The van der Waals surface area contributed by atoms with Gasteiger partial charge in [0.05, 0.1) is 30.0 Å². The molecule has 3 heterocycles. The molecule has 4 aromatic rings. The minimum Gasteiger partial charge on any atom is -0.467 e. The highest BCUT2D eigenvalue weighted by Gasteiger charge is 2.52. The van der Waals surface area contributed by atoms with Crippen molar-refractivity contribution >= 4 is 52.5 Å². The predicted octanol–water partition coefficient (Wildman–Crippen LogP) is 6.91. The lowest BCUT2D eigenvalue weighted by Gasteiger charge is -2.49. The summed E-state index contributed by atoms with van der Waals surface area (Å²) in [6, 6.07) is 15.8. The van der Waals surface area contributed by atoms with Crippen LogP contribution in [0.15, 0.2) is 71.8 Å². The van der Waals surface area contributed by atoms with Gasteiger partial charge in [-0.05, 0) is 30.3 Å². The number of carbonyl (C=O) groups is 1. The summed E-state index contributed by atoms with van der Waals surface area (Å²) in [6.45, 7) is -0.261. The van der Waals surface area contributed by atoms with Crippen LogP contribution in [-0.4, -0.2) is 65.0 Å². The number of ether oxygens (including phenoxy) is 5. The SMILES string of the molecule is COC(=O)COC1C(n2cc(-c3cc(F)c(Cl)c(F)c3)nn2)[C@H]2OC(c3ccccc3)OCC2O[C@@H]1Sc1ccc(Cl)c(Cl)c1. The molecule has 2 aliphatic heterocycles. The van der Waals surface area contributed by atoms with Gasteiger partial charge in [0.2, 0.25) is 0 Å². The smallest absolute Gasteiger partial charge is 0.331 e. The number of methoxy groups -OCH3 is 1. The number of halogens is 5. The van der Waals surface area contributed by atoms with Crippen LogP contribution < -0.4 is 0 Å².